The first-order valence-electron chi connectivity index (χ1n) is 5.64. The Morgan fingerprint density at radius 3 is 2.14 bits per heavy atom. The molecule has 0 fully saturated rings. The quantitative estimate of drug-likeness (QED) is 0.613. The summed E-state index contributed by atoms with van der Waals surface area (Å²) in [6.45, 7) is 7.80. The zero-order chi connectivity index (χ0) is 11.0. The highest BCUT2D eigenvalue weighted by atomic mass is 16.4. The maximum atomic E-state index is 11.0. The first kappa shape index (κ1) is 13.4. The third-order valence-electron chi connectivity index (χ3n) is 2.62. The van der Waals surface area contributed by atoms with Gasteiger partial charge in [0.2, 0.25) is 0 Å². The molecule has 3 nitrogen and oxygen atoms in total. The normalized spacial score (nSPS) is 13.1. The molecule has 84 valence electrons. The molecule has 0 bridgehead atoms. The molecule has 0 saturated heterocycles. The number of hydrogen-bond donors (Lipinski definition) is 1. The minimum Gasteiger partial charge on any atom is -0.480 e. The van der Waals surface area contributed by atoms with Crippen molar-refractivity contribution in [3.63, 3.8) is 0 Å². The molecule has 0 aliphatic carbocycles. The summed E-state index contributed by atoms with van der Waals surface area (Å²) in [5.74, 6) is -0.676. The van der Waals surface area contributed by atoms with Gasteiger partial charge in [-0.1, -0.05) is 40.0 Å². The van der Waals surface area contributed by atoms with Crippen LogP contribution >= 0.6 is 0 Å². The topological polar surface area (TPSA) is 40.5 Å². The molecule has 0 rings (SSSR count). The van der Waals surface area contributed by atoms with Crippen LogP contribution in [-0.4, -0.2) is 35.1 Å². The molecule has 0 saturated carbocycles. The summed E-state index contributed by atoms with van der Waals surface area (Å²) in [5, 5.41) is 9.06. The van der Waals surface area contributed by atoms with Crippen molar-refractivity contribution in [1.82, 2.24) is 4.90 Å². The fourth-order valence-corrected chi connectivity index (χ4v) is 1.71. The third kappa shape index (κ3) is 4.61. The molecular weight excluding hydrogens is 178 g/mol. The average Bonchev–Trinajstić information content (AvgIpc) is 2.17. The lowest BCUT2D eigenvalue weighted by molar-refractivity contribution is -0.143. The van der Waals surface area contributed by atoms with Crippen molar-refractivity contribution in [2.75, 3.05) is 13.1 Å². The summed E-state index contributed by atoms with van der Waals surface area (Å²) in [6, 6.07) is -0.281. The first-order valence-corrected chi connectivity index (χ1v) is 5.64. The average molecular weight is 201 g/mol. The van der Waals surface area contributed by atoms with Crippen molar-refractivity contribution in [2.45, 2.75) is 52.5 Å². The number of hydrogen-bond acceptors (Lipinski definition) is 2. The molecular formula is C11H23NO2. The molecule has 0 amide bonds. The number of rotatable bonds is 8. The molecule has 0 aliphatic rings. The van der Waals surface area contributed by atoms with Gasteiger partial charge >= 0.3 is 5.97 Å². The first-order chi connectivity index (χ1) is 6.67. The van der Waals surface area contributed by atoms with Crippen LogP contribution in [0.4, 0.5) is 0 Å². The summed E-state index contributed by atoms with van der Waals surface area (Å²) >= 11 is 0. The molecule has 1 N–H and O–H groups in total. The van der Waals surface area contributed by atoms with E-state index in [4.69, 9.17) is 5.11 Å². The van der Waals surface area contributed by atoms with Crippen LogP contribution in [0.1, 0.15) is 46.5 Å². The minimum atomic E-state index is -0.676. The Bertz CT molecular complexity index is 155. The molecule has 3 heteroatoms. The van der Waals surface area contributed by atoms with Gasteiger partial charge in [-0.25, -0.2) is 0 Å². The number of carboxylic acid groups (broad SMARTS) is 1. The van der Waals surface area contributed by atoms with Gasteiger partial charge in [0.05, 0.1) is 0 Å². The summed E-state index contributed by atoms with van der Waals surface area (Å²) in [4.78, 5) is 13.0. The van der Waals surface area contributed by atoms with E-state index in [0.29, 0.717) is 0 Å². The van der Waals surface area contributed by atoms with Crippen LogP contribution < -0.4 is 0 Å². The summed E-state index contributed by atoms with van der Waals surface area (Å²) in [6.07, 6.45) is 4.07. The second-order valence-corrected chi connectivity index (χ2v) is 3.57. The highest BCUT2D eigenvalue weighted by Gasteiger charge is 2.22. The van der Waals surface area contributed by atoms with Crippen molar-refractivity contribution >= 4 is 5.97 Å². The van der Waals surface area contributed by atoms with Crippen molar-refractivity contribution in [2.24, 2.45) is 0 Å². The Kier molecular flexibility index (Phi) is 7.48. The van der Waals surface area contributed by atoms with Crippen molar-refractivity contribution in [1.29, 1.82) is 0 Å². The van der Waals surface area contributed by atoms with Crippen molar-refractivity contribution in [3.05, 3.63) is 0 Å². The van der Waals surface area contributed by atoms with Gasteiger partial charge in [-0.2, -0.15) is 0 Å². The molecule has 0 radical (unpaired) electrons. The highest BCUT2D eigenvalue weighted by Crippen LogP contribution is 2.10. The number of likely N-dealkylation sites (N-methyl/N-ethyl adjacent to an activating group) is 1. The lowest BCUT2D eigenvalue weighted by atomic mass is 10.1. The van der Waals surface area contributed by atoms with Gasteiger partial charge in [0.1, 0.15) is 6.04 Å². The molecule has 0 spiro atoms. The van der Waals surface area contributed by atoms with E-state index in [1.165, 1.54) is 0 Å². The zero-order valence-electron chi connectivity index (χ0n) is 9.62. The fourth-order valence-electron chi connectivity index (χ4n) is 1.71. The maximum Gasteiger partial charge on any atom is 0.320 e. The van der Waals surface area contributed by atoms with Gasteiger partial charge in [-0.05, 0) is 19.5 Å². The number of carbonyl (C=O) groups is 1. The SMILES string of the molecule is CCCCCC(C(=O)O)N(CC)CC. The van der Waals surface area contributed by atoms with Gasteiger partial charge in [0, 0.05) is 0 Å². The molecule has 0 aromatic carbocycles. The second-order valence-electron chi connectivity index (χ2n) is 3.57. The molecule has 0 aromatic heterocycles. The third-order valence-corrected chi connectivity index (χ3v) is 2.62. The van der Waals surface area contributed by atoms with Gasteiger partial charge in [-0.15, -0.1) is 0 Å². The van der Waals surface area contributed by atoms with E-state index in [0.717, 1.165) is 38.8 Å². The van der Waals surface area contributed by atoms with E-state index in [-0.39, 0.29) is 6.04 Å². The van der Waals surface area contributed by atoms with Crippen LogP contribution in [-0.2, 0) is 4.79 Å². The number of carboxylic acids is 1. The minimum absolute atomic E-state index is 0.281. The number of aliphatic carboxylic acids is 1. The van der Waals surface area contributed by atoms with E-state index >= 15 is 0 Å². The van der Waals surface area contributed by atoms with Crippen LogP contribution in [0.2, 0.25) is 0 Å². The van der Waals surface area contributed by atoms with Crippen LogP contribution in [0, 0.1) is 0 Å². The van der Waals surface area contributed by atoms with Gasteiger partial charge in [-0.3, -0.25) is 9.69 Å². The summed E-state index contributed by atoms with van der Waals surface area (Å²) in [7, 11) is 0. The lowest BCUT2D eigenvalue weighted by Crippen LogP contribution is -2.40. The monoisotopic (exact) mass is 201 g/mol. The van der Waals surface area contributed by atoms with E-state index < -0.39 is 5.97 Å². The predicted molar refractivity (Wildman–Crippen MR) is 58.5 cm³/mol. The second kappa shape index (κ2) is 7.80. The molecule has 14 heavy (non-hydrogen) atoms. The Hall–Kier alpha value is -0.570. The number of unbranched alkanes of at least 4 members (excludes halogenated alkanes) is 2. The van der Waals surface area contributed by atoms with E-state index in [2.05, 4.69) is 6.92 Å². The smallest absolute Gasteiger partial charge is 0.320 e. The van der Waals surface area contributed by atoms with Crippen molar-refractivity contribution in [3.8, 4) is 0 Å². The fraction of sp³-hybridized carbons (Fsp3) is 0.909. The summed E-state index contributed by atoms with van der Waals surface area (Å²) < 4.78 is 0. The lowest BCUT2D eigenvalue weighted by Gasteiger charge is -2.25. The maximum absolute atomic E-state index is 11.0. The standard InChI is InChI=1S/C11H23NO2/c1-4-7-8-9-10(11(13)14)12(5-2)6-3/h10H,4-9H2,1-3H3,(H,13,14). The van der Waals surface area contributed by atoms with E-state index in [1.54, 1.807) is 0 Å². The zero-order valence-corrected chi connectivity index (χ0v) is 9.62. The Morgan fingerprint density at radius 2 is 1.79 bits per heavy atom. The predicted octanol–water partition coefficient (Wildman–Crippen LogP) is 2.36. The summed E-state index contributed by atoms with van der Waals surface area (Å²) in [5.41, 5.74) is 0. The molecule has 0 aliphatic heterocycles. The van der Waals surface area contributed by atoms with E-state index in [9.17, 15) is 4.79 Å². The highest BCUT2D eigenvalue weighted by molar-refractivity contribution is 5.73. The Balaban J connectivity index is 4.06. The van der Waals surface area contributed by atoms with Crippen LogP contribution in [0.15, 0.2) is 0 Å². The molecule has 1 atom stereocenters. The Labute approximate surface area is 87.1 Å². The van der Waals surface area contributed by atoms with Crippen LogP contribution in [0.25, 0.3) is 0 Å². The van der Waals surface area contributed by atoms with Gasteiger partial charge in [0.15, 0.2) is 0 Å². The Morgan fingerprint density at radius 1 is 1.21 bits per heavy atom. The molecule has 0 heterocycles. The van der Waals surface area contributed by atoms with Gasteiger partial charge in [0.25, 0.3) is 0 Å². The van der Waals surface area contributed by atoms with Crippen molar-refractivity contribution < 1.29 is 9.90 Å². The molecule has 1 unspecified atom stereocenters. The van der Waals surface area contributed by atoms with Gasteiger partial charge < -0.3 is 5.11 Å². The number of nitrogens with zero attached hydrogens (tertiary/aromatic N) is 1. The van der Waals surface area contributed by atoms with Crippen LogP contribution in [0.5, 0.6) is 0 Å². The van der Waals surface area contributed by atoms with Crippen LogP contribution in [0.3, 0.4) is 0 Å². The molecule has 0 aromatic rings. The van der Waals surface area contributed by atoms with E-state index in [1.807, 2.05) is 18.7 Å². The largest absolute Gasteiger partial charge is 0.480 e.